The zero-order valence-electron chi connectivity index (χ0n) is 17.3. The van der Waals surface area contributed by atoms with E-state index in [0.717, 1.165) is 34.1 Å². The third-order valence-corrected chi connectivity index (χ3v) is 4.82. The number of hydrazone groups is 1. The van der Waals surface area contributed by atoms with Crippen molar-refractivity contribution in [1.82, 2.24) is 15.0 Å². The van der Waals surface area contributed by atoms with Crippen LogP contribution in [-0.2, 0) is 0 Å². The molecule has 0 spiro atoms. The summed E-state index contributed by atoms with van der Waals surface area (Å²) in [5.41, 5.74) is 6.34. The highest BCUT2D eigenvalue weighted by molar-refractivity contribution is 5.81. The average molecular weight is 443 g/mol. The summed E-state index contributed by atoms with van der Waals surface area (Å²) >= 11 is 0. The monoisotopic (exact) mass is 443 g/mol. The molecule has 1 N–H and O–H groups in total. The van der Waals surface area contributed by atoms with Crippen molar-refractivity contribution in [1.29, 1.82) is 0 Å². The molecule has 0 amide bonds. The number of benzene rings is 3. The molecule has 4 aromatic rings. The number of non-ortho nitro benzene ring substituents is 1. The van der Waals surface area contributed by atoms with E-state index in [9.17, 15) is 20.2 Å². The third kappa shape index (κ3) is 4.71. The molecule has 4 rings (SSSR count). The molecule has 1 aromatic heterocycles. The topological polar surface area (TPSA) is 141 Å². The molecule has 11 nitrogen and oxygen atoms in total. The van der Waals surface area contributed by atoms with Crippen LogP contribution in [0.4, 0.5) is 17.1 Å². The Kier molecular flexibility index (Phi) is 5.85. The lowest BCUT2D eigenvalue weighted by Gasteiger charge is -2.07. The predicted molar refractivity (Wildman–Crippen MR) is 122 cm³/mol. The van der Waals surface area contributed by atoms with Gasteiger partial charge in [-0.05, 0) is 30.7 Å². The quantitative estimate of drug-likeness (QED) is 0.252. The van der Waals surface area contributed by atoms with E-state index in [2.05, 4.69) is 20.8 Å². The van der Waals surface area contributed by atoms with Crippen molar-refractivity contribution in [2.45, 2.75) is 6.92 Å². The second-order valence-electron chi connectivity index (χ2n) is 7.07. The largest absolute Gasteiger partial charge is 0.301 e. The standard InChI is InChI=1S/C22H17N7O4/c1-15-2-6-17(7-3-15)22-14-24-26-27(22)18-8-4-16(5-9-18)13-23-25-20-11-10-19(28(30)31)12-21(20)29(32)33/h2-14,25H,1H3/b23-13-. The molecule has 1 heterocycles. The number of nitro groups is 2. The van der Waals surface area contributed by atoms with E-state index in [-0.39, 0.29) is 11.4 Å². The lowest BCUT2D eigenvalue weighted by Crippen LogP contribution is -2.00. The molecule has 164 valence electrons. The van der Waals surface area contributed by atoms with E-state index < -0.39 is 15.5 Å². The maximum atomic E-state index is 11.2. The Balaban J connectivity index is 1.51. The summed E-state index contributed by atoms with van der Waals surface area (Å²) in [5.74, 6) is 0. The number of nitrogens with one attached hydrogen (secondary N) is 1. The molecule has 0 saturated heterocycles. The first-order chi connectivity index (χ1) is 15.9. The van der Waals surface area contributed by atoms with Gasteiger partial charge in [0.05, 0.1) is 39.7 Å². The second-order valence-corrected chi connectivity index (χ2v) is 7.07. The molecular weight excluding hydrogens is 426 g/mol. The maximum absolute atomic E-state index is 11.2. The van der Waals surface area contributed by atoms with Gasteiger partial charge in [0.1, 0.15) is 5.69 Å². The van der Waals surface area contributed by atoms with Gasteiger partial charge in [-0.15, -0.1) is 5.10 Å². The van der Waals surface area contributed by atoms with Crippen LogP contribution in [0.1, 0.15) is 11.1 Å². The van der Waals surface area contributed by atoms with Gasteiger partial charge in [-0.1, -0.05) is 47.2 Å². The highest BCUT2D eigenvalue weighted by atomic mass is 16.6. The molecule has 0 aliphatic heterocycles. The molecular formula is C22H17N7O4. The van der Waals surface area contributed by atoms with E-state index in [0.29, 0.717) is 0 Å². The van der Waals surface area contributed by atoms with Crippen LogP contribution in [0.2, 0.25) is 0 Å². The van der Waals surface area contributed by atoms with Crippen molar-refractivity contribution in [2.24, 2.45) is 5.10 Å². The summed E-state index contributed by atoms with van der Waals surface area (Å²) in [6.45, 7) is 2.02. The van der Waals surface area contributed by atoms with Crippen molar-refractivity contribution in [2.75, 3.05) is 5.43 Å². The number of aromatic nitrogens is 3. The number of aryl methyl sites for hydroxylation is 1. The summed E-state index contributed by atoms with van der Waals surface area (Å²) in [7, 11) is 0. The zero-order chi connectivity index (χ0) is 23.4. The molecule has 11 heteroatoms. The minimum absolute atomic E-state index is 0.0452. The third-order valence-electron chi connectivity index (χ3n) is 4.82. The molecule has 0 radical (unpaired) electrons. The van der Waals surface area contributed by atoms with Crippen LogP contribution in [0.15, 0.2) is 78.0 Å². The van der Waals surface area contributed by atoms with Crippen molar-refractivity contribution in [3.63, 3.8) is 0 Å². The first kappa shape index (κ1) is 21.3. The van der Waals surface area contributed by atoms with Crippen molar-refractivity contribution >= 4 is 23.3 Å². The van der Waals surface area contributed by atoms with Gasteiger partial charge in [0, 0.05) is 11.6 Å². The summed E-state index contributed by atoms with van der Waals surface area (Å²) in [4.78, 5) is 20.6. The molecule has 0 atom stereocenters. The molecule has 0 aliphatic carbocycles. The smallest absolute Gasteiger partial charge is 0.272 e. The zero-order valence-corrected chi connectivity index (χ0v) is 17.3. The number of hydrogen-bond donors (Lipinski definition) is 1. The van der Waals surface area contributed by atoms with E-state index in [1.165, 1.54) is 18.3 Å². The Labute approximate surface area is 187 Å². The SMILES string of the molecule is Cc1ccc(-c2cnnn2-c2ccc(/C=N\Nc3ccc([N+](=O)[O-])cc3[N+](=O)[O-])cc2)cc1. The van der Waals surface area contributed by atoms with Gasteiger partial charge in [-0.3, -0.25) is 25.7 Å². The lowest BCUT2D eigenvalue weighted by molar-refractivity contribution is -0.393. The van der Waals surface area contributed by atoms with E-state index in [1.807, 2.05) is 55.5 Å². The summed E-state index contributed by atoms with van der Waals surface area (Å²) in [5, 5.41) is 34.2. The fraction of sp³-hybridized carbons (Fsp3) is 0.0455. The van der Waals surface area contributed by atoms with Gasteiger partial charge in [-0.2, -0.15) is 5.10 Å². The van der Waals surface area contributed by atoms with Gasteiger partial charge in [0.25, 0.3) is 5.69 Å². The van der Waals surface area contributed by atoms with Crippen molar-refractivity contribution in [3.05, 3.63) is 104 Å². The minimum Gasteiger partial charge on any atom is -0.272 e. The summed E-state index contributed by atoms with van der Waals surface area (Å²) in [6.07, 6.45) is 3.18. The molecule has 33 heavy (non-hydrogen) atoms. The number of anilines is 1. The molecule has 3 aromatic carbocycles. The van der Waals surface area contributed by atoms with Crippen LogP contribution in [0, 0.1) is 27.2 Å². The normalized spacial score (nSPS) is 10.9. The van der Waals surface area contributed by atoms with Gasteiger partial charge in [0.2, 0.25) is 0 Å². The fourth-order valence-corrected chi connectivity index (χ4v) is 3.10. The van der Waals surface area contributed by atoms with Gasteiger partial charge >= 0.3 is 5.69 Å². The Morgan fingerprint density at radius 2 is 1.70 bits per heavy atom. The molecule has 0 bridgehead atoms. The Morgan fingerprint density at radius 1 is 0.970 bits per heavy atom. The van der Waals surface area contributed by atoms with Gasteiger partial charge < -0.3 is 0 Å². The van der Waals surface area contributed by atoms with Crippen molar-refractivity contribution in [3.8, 4) is 16.9 Å². The highest BCUT2D eigenvalue weighted by Crippen LogP contribution is 2.29. The summed E-state index contributed by atoms with van der Waals surface area (Å²) in [6, 6.07) is 18.7. The molecule has 0 unspecified atom stereocenters. The molecule has 0 fully saturated rings. The first-order valence-electron chi connectivity index (χ1n) is 9.72. The highest BCUT2D eigenvalue weighted by Gasteiger charge is 2.19. The van der Waals surface area contributed by atoms with E-state index in [1.54, 1.807) is 10.9 Å². The van der Waals surface area contributed by atoms with Crippen LogP contribution in [0.3, 0.4) is 0 Å². The second kappa shape index (κ2) is 9.06. The number of nitrogens with zero attached hydrogens (tertiary/aromatic N) is 6. The van der Waals surface area contributed by atoms with Gasteiger partial charge in [0.15, 0.2) is 0 Å². The van der Waals surface area contributed by atoms with E-state index >= 15 is 0 Å². The maximum Gasteiger partial charge on any atom is 0.301 e. The Hall–Kier alpha value is -4.93. The van der Waals surface area contributed by atoms with Crippen LogP contribution in [0.25, 0.3) is 16.9 Å². The first-order valence-corrected chi connectivity index (χ1v) is 9.72. The van der Waals surface area contributed by atoms with Crippen LogP contribution < -0.4 is 5.43 Å². The number of hydrogen-bond acceptors (Lipinski definition) is 8. The lowest BCUT2D eigenvalue weighted by atomic mass is 10.1. The van der Waals surface area contributed by atoms with E-state index in [4.69, 9.17) is 0 Å². The van der Waals surface area contributed by atoms with Crippen LogP contribution in [-0.4, -0.2) is 31.1 Å². The molecule has 0 aliphatic rings. The van der Waals surface area contributed by atoms with Crippen molar-refractivity contribution < 1.29 is 9.85 Å². The predicted octanol–water partition coefficient (Wildman–Crippen LogP) is 4.51. The summed E-state index contributed by atoms with van der Waals surface area (Å²) < 4.78 is 1.73. The minimum atomic E-state index is -0.705. The number of rotatable bonds is 7. The molecule has 0 saturated carbocycles. The van der Waals surface area contributed by atoms with Crippen LogP contribution >= 0.6 is 0 Å². The van der Waals surface area contributed by atoms with Gasteiger partial charge in [-0.25, -0.2) is 4.68 Å². The Bertz CT molecular complexity index is 1350. The van der Waals surface area contributed by atoms with Crippen LogP contribution in [0.5, 0.6) is 0 Å². The average Bonchev–Trinajstić information content (AvgIpc) is 3.30. The fourth-order valence-electron chi connectivity index (χ4n) is 3.10. The number of nitro benzene ring substituents is 2. The Morgan fingerprint density at radius 3 is 2.36 bits per heavy atom.